The van der Waals surface area contributed by atoms with Gasteiger partial charge in [0.15, 0.2) is 0 Å². The molecule has 0 radical (unpaired) electrons. The third-order valence-corrected chi connectivity index (χ3v) is 4.27. The molecule has 1 aromatic heterocycles. The second kappa shape index (κ2) is 6.80. The molecule has 3 aromatic rings. The molecule has 0 fully saturated rings. The summed E-state index contributed by atoms with van der Waals surface area (Å²) in [4.78, 5) is 4.06. The van der Waals surface area contributed by atoms with E-state index in [0.717, 1.165) is 12.1 Å². The summed E-state index contributed by atoms with van der Waals surface area (Å²) in [5, 5.41) is 3.15. The van der Waals surface area contributed by atoms with Crippen LogP contribution in [-0.2, 0) is 12.7 Å². The smallest absolute Gasteiger partial charge is 0.365 e. The minimum Gasteiger partial charge on any atom is -0.365 e. The number of nitrogens with one attached hydrogen (secondary N) is 1. The quantitative estimate of drug-likeness (QED) is 0.482. The Morgan fingerprint density at radius 1 is 1.08 bits per heavy atom. The Hall–Kier alpha value is -1.86. The summed E-state index contributed by atoms with van der Waals surface area (Å²) in [6, 6.07) is 9.81. The molecule has 0 aliphatic rings. The van der Waals surface area contributed by atoms with Gasteiger partial charge in [-0.3, -0.25) is 0 Å². The highest BCUT2D eigenvalue weighted by molar-refractivity contribution is 9.10. The Morgan fingerprint density at radius 3 is 2.52 bits per heavy atom. The molecule has 0 aliphatic carbocycles. The number of pyridine rings is 1. The molecule has 1 heterocycles. The van der Waals surface area contributed by atoms with Crippen molar-refractivity contribution in [3.8, 4) is 0 Å². The molecule has 0 amide bonds. The lowest BCUT2D eigenvalue weighted by atomic mass is 10.1. The Labute approximate surface area is 154 Å². The number of anilines is 1. The monoisotopic (exact) mass is 432 g/mol. The van der Waals surface area contributed by atoms with Crippen molar-refractivity contribution in [2.24, 2.45) is 0 Å². The summed E-state index contributed by atoms with van der Waals surface area (Å²) in [5.41, 5.74) is -0.327. The Bertz CT molecular complexity index is 944. The molecule has 2 nitrogen and oxygen atoms in total. The summed E-state index contributed by atoms with van der Waals surface area (Å²) < 4.78 is 54.5. The normalized spacial score (nSPS) is 11.8. The van der Waals surface area contributed by atoms with Crippen LogP contribution in [0.2, 0.25) is 5.02 Å². The highest BCUT2D eigenvalue weighted by atomic mass is 79.9. The minimum absolute atomic E-state index is 0.154. The van der Waals surface area contributed by atoms with Gasteiger partial charge in [-0.15, -0.1) is 0 Å². The van der Waals surface area contributed by atoms with Gasteiger partial charge in [0, 0.05) is 27.0 Å². The number of aromatic nitrogens is 1. The van der Waals surface area contributed by atoms with Crippen LogP contribution in [0.5, 0.6) is 0 Å². The topological polar surface area (TPSA) is 24.9 Å². The van der Waals surface area contributed by atoms with Gasteiger partial charge >= 0.3 is 6.18 Å². The van der Waals surface area contributed by atoms with Gasteiger partial charge in [-0.25, -0.2) is 9.37 Å². The van der Waals surface area contributed by atoms with E-state index in [-0.39, 0.29) is 22.9 Å². The first kappa shape index (κ1) is 17.9. The third kappa shape index (κ3) is 4.04. The maximum Gasteiger partial charge on any atom is 0.419 e. The van der Waals surface area contributed by atoms with Gasteiger partial charge in [0.05, 0.1) is 11.1 Å². The van der Waals surface area contributed by atoms with Crippen LogP contribution in [0.4, 0.5) is 23.4 Å². The van der Waals surface area contributed by atoms with E-state index in [1.54, 1.807) is 18.2 Å². The van der Waals surface area contributed by atoms with Gasteiger partial charge in [0.2, 0.25) is 0 Å². The molecule has 2 aromatic carbocycles. The molecule has 0 saturated heterocycles. The van der Waals surface area contributed by atoms with E-state index >= 15 is 0 Å². The summed E-state index contributed by atoms with van der Waals surface area (Å²) >= 11 is 8.94. The third-order valence-electron chi connectivity index (χ3n) is 3.55. The maximum absolute atomic E-state index is 13.8. The van der Waals surface area contributed by atoms with Crippen molar-refractivity contribution < 1.29 is 17.6 Å². The van der Waals surface area contributed by atoms with E-state index in [1.807, 2.05) is 0 Å². The highest BCUT2D eigenvalue weighted by Crippen LogP contribution is 2.36. The largest absolute Gasteiger partial charge is 0.419 e. The molecule has 0 aliphatic heterocycles. The van der Waals surface area contributed by atoms with Gasteiger partial charge in [0.1, 0.15) is 11.6 Å². The van der Waals surface area contributed by atoms with Crippen molar-refractivity contribution in [1.82, 2.24) is 4.98 Å². The summed E-state index contributed by atoms with van der Waals surface area (Å²) in [6.45, 7) is -0.154. The fourth-order valence-electron chi connectivity index (χ4n) is 2.34. The van der Waals surface area contributed by atoms with Crippen LogP contribution in [0.25, 0.3) is 10.9 Å². The molecule has 0 bridgehead atoms. The van der Waals surface area contributed by atoms with Gasteiger partial charge in [-0.1, -0.05) is 39.7 Å². The van der Waals surface area contributed by atoms with Crippen LogP contribution in [-0.4, -0.2) is 4.98 Å². The number of benzene rings is 2. The Balaban J connectivity index is 2.00. The lowest BCUT2D eigenvalue weighted by Crippen LogP contribution is -2.13. The van der Waals surface area contributed by atoms with Crippen molar-refractivity contribution >= 4 is 44.3 Å². The minimum atomic E-state index is -4.59. The van der Waals surface area contributed by atoms with E-state index in [4.69, 9.17) is 11.6 Å². The first-order chi connectivity index (χ1) is 11.7. The molecular weight excluding hydrogens is 424 g/mol. The second-order valence-electron chi connectivity index (χ2n) is 5.31. The SMILES string of the molecule is Fc1cc(Cl)ccc1CNc1nc2cc(Br)ccc2cc1C(F)(F)F. The molecule has 0 spiro atoms. The van der Waals surface area contributed by atoms with Crippen molar-refractivity contribution in [2.45, 2.75) is 12.7 Å². The molecule has 3 rings (SSSR count). The molecule has 0 atom stereocenters. The molecule has 0 saturated carbocycles. The first-order valence-electron chi connectivity index (χ1n) is 7.09. The van der Waals surface area contributed by atoms with Crippen LogP contribution < -0.4 is 5.32 Å². The van der Waals surface area contributed by atoms with Crippen LogP contribution in [0.15, 0.2) is 46.9 Å². The zero-order chi connectivity index (χ0) is 18.2. The highest BCUT2D eigenvalue weighted by Gasteiger charge is 2.34. The molecule has 1 N–H and O–H groups in total. The average Bonchev–Trinajstić information content (AvgIpc) is 2.52. The van der Waals surface area contributed by atoms with Gasteiger partial charge in [-0.2, -0.15) is 13.2 Å². The second-order valence-corrected chi connectivity index (χ2v) is 6.66. The van der Waals surface area contributed by atoms with Crippen molar-refractivity contribution in [3.05, 3.63) is 68.9 Å². The van der Waals surface area contributed by atoms with Crippen LogP contribution >= 0.6 is 27.5 Å². The average molecular weight is 434 g/mol. The zero-order valence-electron chi connectivity index (χ0n) is 12.5. The van der Waals surface area contributed by atoms with Gasteiger partial charge in [-0.05, 0) is 30.3 Å². The van der Waals surface area contributed by atoms with Crippen LogP contribution in [0.1, 0.15) is 11.1 Å². The van der Waals surface area contributed by atoms with E-state index in [9.17, 15) is 17.6 Å². The van der Waals surface area contributed by atoms with Crippen molar-refractivity contribution in [3.63, 3.8) is 0 Å². The van der Waals surface area contributed by atoms with E-state index in [0.29, 0.717) is 15.4 Å². The molecule has 0 unspecified atom stereocenters. The number of nitrogens with zero attached hydrogens (tertiary/aromatic N) is 1. The van der Waals surface area contributed by atoms with Crippen LogP contribution in [0, 0.1) is 5.82 Å². The lowest BCUT2D eigenvalue weighted by molar-refractivity contribution is -0.137. The Morgan fingerprint density at radius 2 is 1.84 bits per heavy atom. The fourth-order valence-corrected chi connectivity index (χ4v) is 2.84. The van der Waals surface area contributed by atoms with Gasteiger partial charge < -0.3 is 5.32 Å². The lowest BCUT2D eigenvalue weighted by Gasteiger charge is -2.15. The zero-order valence-corrected chi connectivity index (χ0v) is 14.8. The predicted octanol–water partition coefficient (Wildman–Crippen LogP) is 6.42. The number of fused-ring (bicyclic) bond motifs is 1. The summed E-state index contributed by atoms with van der Waals surface area (Å²) in [6.07, 6.45) is -4.59. The first-order valence-corrected chi connectivity index (χ1v) is 8.26. The molecular formula is C17H10BrClF4N2. The summed E-state index contributed by atoms with van der Waals surface area (Å²) in [5.74, 6) is -0.954. The van der Waals surface area contributed by atoms with Crippen molar-refractivity contribution in [2.75, 3.05) is 5.32 Å². The van der Waals surface area contributed by atoms with Crippen LogP contribution in [0.3, 0.4) is 0 Å². The summed E-state index contributed by atoms with van der Waals surface area (Å²) in [7, 11) is 0. The molecule has 25 heavy (non-hydrogen) atoms. The fraction of sp³-hybridized carbons (Fsp3) is 0.118. The predicted molar refractivity (Wildman–Crippen MR) is 93.2 cm³/mol. The molecule has 130 valence electrons. The number of hydrogen-bond donors (Lipinski definition) is 1. The van der Waals surface area contributed by atoms with Gasteiger partial charge in [0.25, 0.3) is 0 Å². The number of hydrogen-bond acceptors (Lipinski definition) is 2. The molecule has 8 heteroatoms. The standard InChI is InChI=1S/C17H10BrClF4N2/c18-11-3-1-9-5-13(17(21,22)23)16(25-15(9)6-11)24-8-10-2-4-12(19)7-14(10)20/h1-7H,8H2,(H,24,25). The van der Waals surface area contributed by atoms with E-state index in [1.165, 1.54) is 12.1 Å². The number of alkyl halides is 3. The van der Waals surface area contributed by atoms with E-state index in [2.05, 4.69) is 26.2 Å². The number of halogens is 6. The number of rotatable bonds is 3. The van der Waals surface area contributed by atoms with E-state index < -0.39 is 17.6 Å². The van der Waals surface area contributed by atoms with Crippen molar-refractivity contribution in [1.29, 1.82) is 0 Å². The maximum atomic E-state index is 13.8. The Kier molecular flexibility index (Phi) is 4.88.